The van der Waals surface area contributed by atoms with Crippen LogP contribution in [-0.4, -0.2) is 25.3 Å². The number of hydrogen-bond donors (Lipinski definition) is 1. The maximum absolute atomic E-state index is 12.1. The number of benzene rings is 2. The number of aryl methyl sites for hydroxylation is 1. The van der Waals surface area contributed by atoms with Gasteiger partial charge in [-0.05, 0) is 73.2 Å². The number of ether oxygens (including phenoxy) is 2. The molecule has 132 valence electrons. The molecule has 0 bridgehead atoms. The fourth-order valence-electron chi connectivity index (χ4n) is 2.14. The first-order valence-electron chi connectivity index (χ1n) is 8.04. The predicted octanol–water partition coefficient (Wildman–Crippen LogP) is 4.16. The minimum atomic E-state index is -0.248. The van der Waals surface area contributed by atoms with Crippen LogP contribution in [0.15, 0.2) is 41.5 Å². The first-order chi connectivity index (χ1) is 12.0. The van der Waals surface area contributed by atoms with E-state index in [1.54, 1.807) is 18.3 Å². The molecule has 0 unspecified atom stereocenters. The van der Waals surface area contributed by atoms with Crippen LogP contribution in [0.1, 0.15) is 35.3 Å². The monoisotopic (exact) mass is 452 g/mol. The van der Waals surface area contributed by atoms with Gasteiger partial charge >= 0.3 is 0 Å². The van der Waals surface area contributed by atoms with E-state index < -0.39 is 0 Å². The Bertz CT molecular complexity index is 758. The van der Waals surface area contributed by atoms with Gasteiger partial charge in [-0.3, -0.25) is 4.79 Å². The predicted molar refractivity (Wildman–Crippen MR) is 108 cm³/mol. The van der Waals surface area contributed by atoms with Crippen molar-refractivity contribution in [2.45, 2.75) is 20.8 Å². The van der Waals surface area contributed by atoms with Crippen LogP contribution in [0, 0.1) is 10.5 Å². The highest BCUT2D eigenvalue weighted by Crippen LogP contribution is 2.33. The van der Waals surface area contributed by atoms with Crippen LogP contribution in [0.3, 0.4) is 0 Å². The van der Waals surface area contributed by atoms with Gasteiger partial charge in [-0.25, -0.2) is 5.43 Å². The molecular formula is C19H21IN2O3. The topological polar surface area (TPSA) is 59.9 Å². The van der Waals surface area contributed by atoms with Crippen LogP contribution >= 0.6 is 22.6 Å². The molecule has 5 nitrogen and oxygen atoms in total. The second-order valence-corrected chi connectivity index (χ2v) is 6.42. The van der Waals surface area contributed by atoms with Crippen molar-refractivity contribution in [1.82, 2.24) is 5.43 Å². The van der Waals surface area contributed by atoms with Gasteiger partial charge in [0.1, 0.15) is 0 Å². The SMILES string of the molecule is CCOc1cc(/C=N\NC(=O)c2ccc(C)cc2)cc(I)c1OCC. The van der Waals surface area contributed by atoms with Crippen molar-refractivity contribution in [2.75, 3.05) is 13.2 Å². The van der Waals surface area contributed by atoms with Gasteiger partial charge in [0.2, 0.25) is 0 Å². The fraction of sp³-hybridized carbons (Fsp3) is 0.263. The minimum absolute atomic E-state index is 0.248. The third-order valence-corrected chi connectivity index (χ3v) is 4.12. The summed E-state index contributed by atoms with van der Waals surface area (Å²) in [4.78, 5) is 12.1. The summed E-state index contributed by atoms with van der Waals surface area (Å²) in [6.45, 7) is 6.94. The van der Waals surface area contributed by atoms with Crippen molar-refractivity contribution < 1.29 is 14.3 Å². The van der Waals surface area contributed by atoms with E-state index in [0.717, 1.165) is 20.4 Å². The zero-order chi connectivity index (χ0) is 18.2. The van der Waals surface area contributed by atoms with E-state index in [1.165, 1.54) is 0 Å². The third-order valence-electron chi connectivity index (χ3n) is 3.31. The quantitative estimate of drug-likeness (QED) is 0.390. The summed E-state index contributed by atoms with van der Waals surface area (Å²) in [5.41, 5.74) is 5.03. The molecule has 0 radical (unpaired) electrons. The molecule has 0 aliphatic heterocycles. The Morgan fingerprint density at radius 2 is 1.84 bits per heavy atom. The Morgan fingerprint density at radius 3 is 2.48 bits per heavy atom. The second kappa shape index (κ2) is 9.41. The molecule has 0 saturated carbocycles. The van der Waals surface area contributed by atoms with Crippen molar-refractivity contribution in [3.05, 3.63) is 56.7 Å². The van der Waals surface area contributed by atoms with E-state index in [-0.39, 0.29) is 5.91 Å². The summed E-state index contributed by atoms with van der Waals surface area (Å²) in [6, 6.07) is 11.1. The average molecular weight is 452 g/mol. The standard InChI is InChI=1S/C19H21IN2O3/c1-4-24-17-11-14(10-16(20)18(17)25-5-2)12-21-22-19(23)15-8-6-13(3)7-9-15/h6-12H,4-5H2,1-3H3,(H,22,23)/b21-12-. The molecule has 1 N–H and O–H groups in total. The molecule has 0 aliphatic carbocycles. The van der Waals surface area contributed by atoms with Crippen LogP contribution in [-0.2, 0) is 0 Å². The molecule has 0 spiro atoms. The number of halogens is 1. The maximum atomic E-state index is 12.1. The van der Waals surface area contributed by atoms with Crippen molar-refractivity contribution in [3.8, 4) is 11.5 Å². The normalized spacial score (nSPS) is 10.7. The highest BCUT2D eigenvalue weighted by atomic mass is 127. The largest absolute Gasteiger partial charge is 0.490 e. The van der Waals surface area contributed by atoms with Gasteiger partial charge in [-0.1, -0.05) is 17.7 Å². The van der Waals surface area contributed by atoms with E-state index in [4.69, 9.17) is 9.47 Å². The lowest BCUT2D eigenvalue weighted by atomic mass is 10.1. The van der Waals surface area contributed by atoms with E-state index in [1.807, 2.05) is 45.0 Å². The van der Waals surface area contributed by atoms with Gasteiger partial charge in [-0.2, -0.15) is 5.10 Å². The lowest BCUT2D eigenvalue weighted by Gasteiger charge is -2.13. The number of nitrogens with zero attached hydrogens (tertiary/aromatic N) is 1. The molecule has 1 amide bonds. The Morgan fingerprint density at radius 1 is 1.16 bits per heavy atom. The molecule has 0 saturated heterocycles. The van der Waals surface area contributed by atoms with Gasteiger partial charge in [0.15, 0.2) is 11.5 Å². The summed E-state index contributed by atoms with van der Waals surface area (Å²) in [5, 5.41) is 4.03. The number of nitrogens with one attached hydrogen (secondary N) is 1. The van der Waals surface area contributed by atoms with Gasteiger partial charge in [-0.15, -0.1) is 0 Å². The Balaban J connectivity index is 2.12. The molecule has 2 aromatic rings. The number of carbonyl (C=O) groups is 1. The Labute approximate surface area is 161 Å². The molecule has 0 atom stereocenters. The van der Waals surface area contributed by atoms with Gasteiger partial charge in [0.25, 0.3) is 5.91 Å². The number of hydrogen-bond acceptors (Lipinski definition) is 4. The van der Waals surface area contributed by atoms with E-state index >= 15 is 0 Å². The first kappa shape index (κ1) is 19.2. The minimum Gasteiger partial charge on any atom is -0.490 e. The number of amides is 1. The second-order valence-electron chi connectivity index (χ2n) is 5.26. The van der Waals surface area contributed by atoms with Crippen molar-refractivity contribution in [2.24, 2.45) is 5.10 Å². The van der Waals surface area contributed by atoms with E-state index in [0.29, 0.717) is 24.5 Å². The maximum Gasteiger partial charge on any atom is 0.271 e. The summed E-state index contributed by atoms with van der Waals surface area (Å²) in [7, 11) is 0. The zero-order valence-corrected chi connectivity index (χ0v) is 16.7. The van der Waals surface area contributed by atoms with Gasteiger partial charge in [0, 0.05) is 5.56 Å². The first-order valence-corrected chi connectivity index (χ1v) is 9.12. The van der Waals surface area contributed by atoms with Crippen LogP contribution < -0.4 is 14.9 Å². The van der Waals surface area contributed by atoms with Crippen LogP contribution in [0.25, 0.3) is 0 Å². The molecule has 25 heavy (non-hydrogen) atoms. The molecule has 0 aliphatic rings. The van der Waals surface area contributed by atoms with Crippen molar-refractivity contribution >= 4 is 34.7 Å². The molecule has 2 rings (SSSR count). The lowest BCUT2D eigenvalue weighted by Crippen LogP contribution is -2.17. The zero-order valence-electron chi connectivity index (χ0n) is 14.5. The highest BCUT2D eigenvalue weighted by molar-refractivity contribution is 14.1. The number of hydrazone groups is 1. The number of rotatable bonds is 7. The van der Waals surface area contributed by atoms with Crippen molar-refractivity contribution in [1.29, 1.82) is 0 Å². The summed E-state index contributed by atoms with van der Waals surface area (Å²) >= 11 is 2.20. The lowest BCUT2D eigenvalue weighted by molar-refractivity contribution is 0.0955. The summed E-state index contributed by atoms with van der Waals surface area (Å²) in [5.74, 6) is 1.15. The Kier molecular flexibility index (Phi) is 7.24. The Hall–Kier alpha value is -2.09. The number of carbonyl (C=O) groups excluding carboxylic acids is 1. The molecule has 0 aromatic heterocycles. The molecule has 6 heteroatoms. The van der Waals surface area contributed by atoms with Gasteiger partial charge in [0.05, 0.1) is 23.0 Å². The third kappa shape index (κ3) is 5.45. The van der Waals surface area contributed by atoms with Crippen LogP contribution in [0.4, 0.5) is 0 Å². The molecule has 2 aromatic carbocycles. The molecule has 0 heterocycles. The van der Waals surface area contributed by atoms with E-state index in [9.17, 15) is 4.79 Å². The van der Waals surface area contributed by atoms with Gasteiger partial charge < -0.3 is 9.47 Å². The fourth-order valence-corrected chi connectivity index (χ4v) is 2.93. The van der Waals surface area contributed by atoms with Crippen molar-refractivity contribution in [3.63, 3.8) is 0 Å². The summed E-state index contributed by atoms with van der Waals surface area (Å²) in [6.07, 6.45) is 1.59. The smallest absolute Gasteiger partial charge is 0.271 e. The summed E-state index contributed by atoms with van der Waals surface area (Å²) < 4.78 is 12.2. The van der Waals surface area contributed by atoms with E-state index in [2.05, 4.69) is 33.1 Å². The highest BCUT2D eigenvalue weighted by Gasteiger charge is 2.11. The average Bonchev–Trinajstić information content (AvgIpc) is 2.59. The van der Waals surface area contributed by atoms with Crippen LogP contribution in [0.5, 0.6) is 11.5 Å². The van der Waals surface area contributed by atoms with Crippen LogP contribution in [0.2, 0.25) is 0 Å². The molecular weight excluding hydrogens is 431 g/mol. The molecule has 0 fully saturated rings.